The Morgan fingerprint density at radius 3 is 2.74 bits per heavy atom. The quantitative estimate of drug-likeness (QED) is 0.856. The molecule has 1 aliphatic carbocycles. The van der Waals surface area contributed by atoms with E-state index >= 15 is 0 Å². The van der Waals surface area contributed by atoms with Gasteiger partial charge in [-0.2, -0.15) is 0 Å². The predicted octanol–water partition coefficient (Wildman–Crippen LogP) is 1.64. The van der Waals surface area contributed by atoms with Gasteiger partial charge in [0.05, 0.1) is 5.69 Å². The third-order valence-electron chi connectivity index (χ3n) is 4.14. The van der Waals surface area contributed by atoms with Crippen molar-refractivity contribution in [3.05, 3.63) is 17.8 Å². The zero-order valence-corrected chi connectivity index (χ0v) is 12.4. The van der Waals surface area contributed by atoms with Gasteiger partial charge < -0.3 is 15.1 Å². The largest absolute Gasteiger partial charge is 0.438 e. The van der Waals surface area contributed by atoms with E-state index in [0.717, 1.165) is 25.9 Å². The van der Waals surface area contributed by atoms with Gasteiger partial charge in [-0.25, -0.2) is 4.98 Å². The van der Waals surface area contributed by atoms with Crippen LogP contribution in [0.4, 0.5) is 0 Å². The molecule has 1 aromatic heterocycles. The zero-order valence-electron chi connectivity index (χ0n) is 10.7. The van der Waals surface area contributed by atoms with Crippen LogP contribution in [0.15, 0.2) is 10.8 Å². The first-order valence-electron chi connectivity index (χ1n) is 6.11. The van der Waals surface area contributed by atoms with Gasteiger partial charge in [0.1, 0.15) is 0 Å². The monoisotopic (exact) mass is 307 g/mol. The molecular weight excluding hydrogens is 289 g/mol. The molecule has 2 fully saturated rings. The number of aromatic nitrogens is 1. The third-order valence-corrected chi connectivity index (χ3v) is 4.14. The van der Waals surface area contributed by atoms with Gasteiger partial charge in [-0.3, -0.25) is 4.79 Å². The van der Waals surface area contributed by atoms with Gasteiger partial charge in [0.15, 0.2) is 6.39 Å². The lowest BCUT2D eigenvalue weighted by Crippen LogP contribution is -2.33. The lowest BCUT2D eigenvalue weighted by Gasteiger charge is -2.17. The number of carbonyl (C=O) groups is 1. The summed E-state index contributed by atoms with van der Waals surface area (Å²) in [7, 11) is 0. The summed E-state index contributed by atoms with van der Waals surface area (Å²) in [5.41, 5.74) is 6.72. The number of oxazole rings is 1. The predicted molar refractivity (Wildman–Crippen MR) is 75.8 cm³/mol. The first kappa shape index (κ1) is 16.3. The van der Waals surface area contributed by atoms with E-state index in [1.807, 2.05) is 4.90 Å². The van der Waals surface area contributed by atoms with E-state index < -0.39 is 0 Å². The van der Waals surface area contributed by atoms with Crippen molar-refractivity contribution < 1.29 is 9.21 Å². The van der Waals surface area contributed by atoms with Crippen LogP contribution < -0.4 is 5.73 Å². The van der Waals surface area contributed by atoms with Gasteiger partial charge >= 0.3 is 0 Å². The molecule has 1 aromatic rings. The van der Waals surface area contributed by atoms with E-state index in [1.165, 1.54) is 6.39 Å². The van der Waals surface area contributed by atoms with E-state index in [0.29, 0.717) is 23.3 Å². The molecule has 2 N–H and O–H groups in total. The van der Waals surface area contributed by atoms with Crippen LogP contribution in [0.5, 0.6) is 0 Å². The van der Waals surface area contributed by atoms with Crippen molar-refractivity contribution in [3.63, 3.8) is 0 Å². The van der Waals surface area contributed by atoms with Crippen molar-refractivity contribution in [3.8, 4) is 0 Å². The van der Waals surface area contributed by atoms with Crippen LogP contribution in [0, 0.1) is 18.8 Å². The molecule has 3 rings (SSSR count). The molecule has 1 saturated heterocycles. The molecular formula is C12H19Cl2N3O2. The summed E-state index contributed by atoms with van der Waals surface area (Å²) in [6.07, 6.45) is 3.56. The van der Waals surface area contributed by atoms with E-state index in [1.54, 1.807) is 6.92 Å². The second-order valence-corrected chi connectivity index (χ2v) is 5.14. The van der Waals surface area contributed by atoms with Crippen molar-refractivity contribution in [1.29, 1.82) is 0 Å². The topological polar surface area (TPSA) is 72.4 Å². The minimum absolute atomic E-state index is 0. The number of amides is 1. The van der Waals surface area contributed by atoms with Crippen LogP contribution in [0.3, 0.4) is 0 Å². The Kier molecular flexibility index (Phi) is 5.24. The fraction of sp³-hybridized carbons (Fsp3) is 0.667. The average Bonchev–Trinajstić information content (AvgIpc) is 2.96. The summed E-state index contributed by atoms with van der Waals surface area (Å²) in [4.78, 5) is 18.0. The van der Waals surface area contributed by atoms with Crippen LogP contribution in [-0.2, 0) is 0 Å². The van der Waals surface area contributed by atoms with Crippen molar-refractivity contribution in [2.45, 2.75) is 25.8 Å². The van der Waals surface area contributed by atoms with Crippen molar-refractivity contribution in [1.82, 2.24) is 9.88 Å². The number of hydrogen-bond acceptors (Lipinski definition) is 4. The SMILES string of the molecule is Cc1ncoc1C(=O)N1CC2CCC(N)C2C1.Cl.Cl. The summed E-state index contributed by atoms with van der Waals surface area (Å²) in [6.45, 7) is 3.38. The molecule has 0 spiro atoms. The van der Waals surface area contributed by atoms with Crippen molar-refractivity contribution >= 4 is 30.7 Å². The zero-order chi connectivity index (χ0) is 12.0. The van der Waals surface area contributed by atoms with Crippen LogP contribution >= 0.6 is 24.8 Å². The Balaban J connectivity index is 0.000000902. The average molecular weight is 308 g/mol. The molecule has 7 heteroatoms. The molecule has 108 valence electrons. The number of nitrogens with two attached hydrogens (primary N) is 1. The van der Waals surface area contributed by atoms with Crippen LogP contribution in [0.2, 0.25) is 0 Å². The number of nitrogens with zero attached hydrogens (tertiary/aromatic N) is 2. The third kappa shape index (κ3) is 2.73. The van der Waals surface area contributed by atoms with E-state index in [4.69, 9.17) is 10.2 Å². The normalized spacial score (nSPS) is 28.5. The molecule has 1 amide bonds. The molecule has 3 atom stereocenters. The first-order valence-corrected chi connectivity index (χ1v) is 6.11. The Bertz CT molecular complexity index is 452. The minimum atomic E-state index is -0.0402. The van der Waals surface area contributed by atoms with Gasteiger partial charge in [0, 0.05) is 19.1 Å². The molecule has 1 aliphatic heterocycles. The first-order chi connectivity index (χ1) is 8.16. The maximum Gasteiger partial charge on any atom is 0.291 e. The Labute approximate surface area is 124 Å². The van der Waals surface area contributed by atoms with Crippen molar-refractivity contribution in [2.24, 2.45) is 17.6 Å². The van der Waals surface area contributed by atoms with Gasteiger partial charge in [0.2, 0.25) is 5.76 Å². The van der Waals surface area contributed by atoms with E-state index in [-0.39, 0.29) is 36.8 Å². The van der Waals surface area contributed by atoms with Crippen LogP contribution in [-0.4, -0.2) is 34.9 Å². The number of hydrogen-bond donors (Lipinski definition) is 1. The molecule has 0 bridgehead atoms. The second kappa shape index (κ2) is 6.11. The molecule has 19 heavy (non-hydrogen) atoms. The molecule has 2 heterocycles. The number of carbonyl (C=O) groups excluding carboxylic acids is 1. The highest BCUT2D eigenvalue weighted by molar-refractivity contribution is 5.92. The van der Waals surface area contributed by atoms with Gasteiger partial charge in [-0.1, -0.05) is 0 Å². The number of halogens is 2. The van der Waals surface area contributed by atoms with Gasteiger partial charge in [-0.15, -0.1) is 24.8 Å². The fourth-order valence-electron chi connectivity index (χ4n) is 3.12. The highest BCUT2D eigenvalue weighted by atomic mass is 35.5. The van der Waals surface area contributed by atoms with Crippen molar-refractivity contribution in [2.75, 3.05) is 13.1 Å². The lowest BCUT2D eigenvalue weighted by atomic mass is 9.98. The molecule has 3 unspecified atom stereocenters. The minimum Gasteiger partial charge on any atom is -0.438 e. The van der Waals surface area contributed by atoms with Gasteiger partial charge in [-0.05, 0) is 31.6 Å². The fourth-order valence-corrected chi connectivity index (χ4v) is 3.12. The van der Waals surface area contributed by atoms with Crippen LogP contribution in [0.25, 0.3) is 0 Å². The lowest BCUT2D eigenvalue weighted by molar-refractivity contribution is 0.0747. The van der Waals surface area contributed by atoms with E-state index in [9.17, 15) is 4.79 Å². The highest BCUT2D eigenvalue weighted by Gasteiger charge is 2.43. The Morgan fingerprint density at radius 2 is 2.16 bits per heavy atom. The molecule has 2 aliphatic rings. The smallest absolute Gasteiger partial charge is 0.291 e. The summed E-state index contributed by atoms with van der Waals surface area (Å²) in [5, 5.41) is 0. The summed E-state index contributed by atoms with van der Waals surface area (Å²) in [6, 6.07) is 0.258. The molecule has 0 aromatic carbocycles. The maximum absolute atomic E-state index is 12.2. The highest BCUT2D eigenvalue weighted by Crippen LogP contribution is 2.37. The van der Waals surface area contributed by atoms with Gasteiger partial charge in [0.25, 0.3) is 5.91 Å². The maximum atomic E-state index is 12.2. The molecule has 1 saturated carbocycles. The summed E-state index contributed by atoms with van der Waals surface area (Å²) < 4.78 is 5.15. The number of rotatable bonds is 1. The number of fused-ring (bicyclic) bond motifs is 1. The van der Waals surface area contributed by atoms with Crippen LogP contribution in [0.1, 0.15) is 29.1 Å². The number of likely N-dealkylation sites (tertiary alicyclic amines) is 1. The summed E-state index contributed by atoms with van der Waals surface area (Å²) >= 11 is 0. The molecule has 0 radical (unpaired) electrons. The Morgan fingerprint density at radius 1 is 1.42 bits per heavy atom. The summed E-state index contributed by atoms with van der Waals surface area (Å²) in [5.74, 6) is 1.39. The standard InChI is InChI=1S/C12H17N3O2.2ClH/c1-7-11(17-6-14-7)12(16)15-4-8-2-3-10(13)9(8)5-15;;/h6,8-10H,2-5,13H2,1H3;2*1H. The molecule has 5 nitrogen and oxygen atoms in total. The Hall–Kier alpha value is -0.780. The second-order valence-electron chi connectivity index (χ2n) is 5.14. The number of aryl methyl sites for hydroxylation is 1. The van der Waals surface area contributed by atoms with E-state index in [2.05, 4.69) is 4.98 Å².